The van der Waals surface area contributed by atoms with E-state index in [1.807, 2.05) is 31.2 Å². The van der Waals surface area contributed by atoms with Crippen molar-refractivity contribution in [3.63, 3.8) is 0 Å². The molecule has 0 fully saturated rings. The minimum atomic E-state index is 0.790. The first-order valence-corrected chi connectivity index (χ1v) is 5.37. The molecule has 4 heteroatoms. The summed E-state index contributed by atoms with van der Waals surface area (Å²) in [6.45, 7) is 2.02. The molecule has 0 unspecified atom stereocenters. The van der Waals surface area contributed by atoms with Gasteiger partial charge in [0.15, 0.2) is 0 Å². The highest BCUT2D eigenvalue weighted by atomic mass is 32.2. The Morgan fingerprint density at radius 1 is 1.27 bits per heavy atom. The Kier molecular flexibility index (Phi) is 2.87. The van der Waals surface area contributed by atoms with Crippen LogP contribution in [0.25, 0.3) is 0 Å². The maximum absolute atomic E-state index is 5.90. The maximum Gasteiger partial charge on any atom is 0.116 e. The molecule has 1 aromatic heterocycles. The molecule has 0 atom stereocenters. The third kappa shape index (κ3) is 2.47. The van der Waals surface area contributed by atoms with E-state index in [0.717, 1.165) is 15.6 Å². The van der Waals surface area contributed by atoms with Crippen molar-refractivity contribution in [2.45, 2.75) is 16.8 Å². The molecule has 0 saturated carbocycles. The van der Waals surface area contributed by atoms with Crippen LogP contribution in [0.5, 0.6) is 0 Å². The van der Waals surface area contributed by atoms with Gasteiger partial charge in [-0.15, -0.1) is 0 Å². The lowest BCUT2D eigenvalue weighted by Crippen LogP contribution is -1.89. The number of rotatable bonds is 2. The molecule has 76 valence electrons. The van der Waals surface area contributed by atoms with E-state index in [4.69, 9.17) is 5.73 Å². The first-order chi connectivity index (χ1) is 7.25. The SMILES string of the molecule is Cc1ccc(Sc2ccncn2)c(N)c1. The molecule has 0 amide bonds. The van der Waals surface area contributed by atoms with Gasteiger partial charge in [-0.05, 0) is 30.7 Å². The molecular formula is C11H11N3S. The first-order valence-electron chi connectivity index (χ1n) is 4.56. The second-order valence-electron chi connectivity index (χ2n) is 3.19. The van der Waals surface area contributed by atoms with Gasteiger partial charge in [0.25, 0.3) is 0 Å². The molecule has 15 heavy (non-hydrogen) atoms. The van der Waals surface area contributed by atoms with Crippen molar-refractivity contribution < 1.29 is 0 Å². The predicted octanol–water partition coefficient (Wildman–Crippen LogP) is 2.52. The molecule has 0 radical (unpaired) electrons. The Labute approximate surface area is 92.8 Å². The Morgan fingerprint density at radius 2 is 2.13 bits per heavy atom. The number of anilines is 1. The number of aryl methyl sites for hydroxylation is 1. The van der Waals surface area contributed by atoms with E-state index >= 15 is 0 Å². The summed E-state index contributed by atoms with van der Waals surface area (Å²) in [6, 6.07) is 7.88. The average molecular weight is 217 g/mol. The lowest BCUT2D eigenvalue weighted by atomic mass is 10.2. The fraction of sp³-hybridized carbons (Fsp3) is 0.0909. The van der Waals surface area contributed by atoms with Gasteiger partial charge in [-0.25, -0.2) is 9.97 Å². The molecule has 0 spiro atoms. The summed E-state index contributed by atoms with van der Waals surface area (Å²) in [7, 11) is 0. The number of aromatic nitrogens is 2. The van der Waals surface area contributed by atoms with Gasteiger partial charge in [-0.3, -0.25) is 0 Å². The van der Waals surface area contributed by atoms with Crippen LogP contribution in [0.3, 0.4) is 0 Å². The number of nitrogens with two attached hydrogens (primary N) is 1. The molecule has 1 aromatic carbocycles. The maximum atomic E-state index is 5.90. The molecule has 2 N–H and O–H groups in total. The van der Waals surface area contributed by atoms with Gasteiger partial charge in [0, 0.05) is 16.8 Å². The number of hydrogen-bond donors (Lipinski definition) is 1. The normalized spacial score (nSPS) is 10.2. The quantitative estimate of drug-likeness (QED) is 0.620. The third-order valence-corrected chi connectivity index (χ3v) is 2.98. The zero-order valence-electron chi connectivity index (χ0n) is 8.34. The highest BCUT2D eigenvalue weighted by Gasteiger charge is 2.02. The predicted molar refractivity (Wildman–Crippen MR) is 61.7 cm³/mol. The number of nitrogens with zero attached hydrogens (tertiary/aromatic N) is 2. The van der Waals surface area contributed by atoms with E-state index < -0.39 is 0 Å². The highest BCUT2D eigenvalue weighted by Crippen LogP contribution is 2.30. The van der Waals surface area contributed by atoms with Gasteiger partial charge in [0.05, 0.1) is 0 Å². The van der Waals surface area contributed by atoms with Crippen molar-refractivity contribution in [3.05, 3.63) is 42.4 Å². The van der Waals surface area contributed by atoms with E-state index in [-0.39, 0.29) is 0 Å². The minimum absolute atomic E-state index is 0.790. The molecule has 0 aliphatic rings. The monoisotopic (exact) mass is 217 g/mol. The van der Waals surface area contributed by atoms with Crippen LogP contribution in [-0.4, -0.2) is 9.97 Å². The van der Waals surface area contributed by atoms with Crippen LogP contribution < -0.4 is 5.73 Å². The summed E-state index contributed by atoms with van der Waals surface area (Å²) in [4.78, 5) is 9.03. The Morgan fingerprint density at radius 3 is 2.80 bits per heavy atom. The van der Waals surface area contributed by atoms with Crippen LogP contribution in [0.2, 0.25) is 0 Å². The van der Waals surface area contributed by atoms with Crippen molar-refractivity contribution in [2.75, 3.05) is 5.73 Å². The molecule has 2 aromatic rings. The fourth-order valence-electron chi connectivity index (χ4n) is 1.21. The van der Waals surface area contributed by atoms with E-state index in [1.165, 1.54) is 11.9 Å². The zero-order chi connectivity index (χ0) is 10.7. The lowest BCUT2D eigenvalue weighted by molar-refractivity contribution is 1.05. The first kappa shape index (κ1) is 9.98. The number of nitrogen functional groups attached to an aromatic ring is 1. The topological polar surface area (TPSA) is 51.8 Å². The Hall–Kier alpha value is -1.55. The van der Waals surface area contributed by atoms with Gasteiger partial charge in [-0.2, -0.15) is 0 Å². The second kappa shape index (κ2) is 4.31. The van der Waals surface area contributed by atoms with E-state index in [0.29, 0.717) is 0 Å². The van der Waals surface area contributed by atoms with Crippen LogP contribution in [0.4, 0.5) is 5.69 Å². The average Bonchev–Trinajstić information content (AvgIpc) is 2.24. The summed E-state index contributed by atoms with van der Waals surface area (Å²) < 4.78 is 0. The van der Waals surface area contributed by atoms with Crippen molar-refractivity contribution in [1.82, 2.24) is 9.97 Å². The van der Waals surface area contributed by atoms with Crippen LogP contribution in [0.1, 0.15) is 5.56 Å². The van der Waals surface area contributed by atoms with Crippen molar-refractivity contribution in [1.29, 1.82) is 0 Å². The second-order valence-corrected chi connectivity index (χ2v) is 4.25. The molecular weight excluding hydrogens is 206 g/mol. The molecule has 2 rings (SSSR count). The smallest absolute Gasteiger partial charge is 0.116 e. The highest BCUT2D eigenvalue weighted by molar-refractivity contribution is 7.99. The van der Waals surface area contributed by atoms with E-state index in [1.54, 1.807) is 18.0 Å². The molecule has 1 heterocycles. The van der Waals surface area contributed by atoms with Crippen molar-refractivity contribution >= 4 is 17.4 Å². The van der Waals surface area contributed by atoms with Gasteiger partial charge < -0.3 is 5.73 Å². The third-order valence-electron chi connectivity index (χ3n) is 1.93. The van der Waals surface area contributed by atoms with E-state index in [2.05, 4.69) is 9.97 Å². The Bertz CT molecular complexity index is 457. The zero-order valence-corrected chi connectivity index (χ0v) is 9.16. The largest absolute Gasteiger partial charge is 0.398 e. The standard InChI is InChI=1S/C11H11N3S/c1-8-2-3-10(9(12)6-8)15-11-4-5-13-7-14-11/h2-7H,12H2,1H3. The molecule has 0 saturated heterocycles. The summed E-state index contributed by atoms with van der Waals surface area (Å²) in [5, 5.41) is 0.903. The van der Waals surface area contributed by atoms with Crippen LogP contribution in [-0.2, 0) is 0 Å². The van der Waals surface area contributed by atoms with Gasteiger partial charge in [0.2, 0.25) is 0 Å². The molecule has 3 nitrogen and oxygen atoms in total. The summed E-state index contributed by atoms with van der Waals surface area (Å²) in [5.41, 5.74) is 7.86. The molecule has 0 bridgehead atoms. The van der Waals surface area contributed by atoms with Gasteiger partial charge in [0.1, 0.15) is 11.4 Å². The molecule has 0 aliphatic carbocycles. The summed E-state index contributed by atoms with van der Waals surface area (Å²) in [5.74, 6) is 0. The van der Waals surface area contributed by atoms with Crippen LogP contribution in [0, 0.1) is 6.92 Å². The summed E-state index contributed by atoms with van der Waals surface area (Å²) in [6.07, 6.45) is 3.26. The van der Waals surface area contributed by atoms with Gasteiger partial charge in [-0.1, -0.05) is 17.8 Å². The minimum Gasteiger partial charge on any atom is -0.398 e. The lowest BCUT2D eigenvalue weighted by Gasteiger charge is -2.04. The van der Waals surface area contributed by atoms with E-state index in [9.17, 15) is 0 Å². The number of hydrogen-bond acceptors (Lipinski definition) is 4. The summed E-state index contributed by atoms with van der Waals surface area (Å²) >= 11 is 1.55. The van der Waals surface area contributed by atoms with Crippen molar-refractivity contribution in [2.24, 2.45) is 0 Å². The molecule has 0 aliphatic heterocycles. The number of benzene rings is 1. The van der Waals surface area contributed by atoms with Crippen LogP contribution >= 0.6 is 11.8 Å². The van der Waals surface area contributed by atoms with Gasteiger partial charge >= 0.3 is 0 Å². The Balaban J connectivity index is 2.25. The van der Waals surface area contributed by atoms with Crippen LogP contribution in [0.15, 0.2) is 46.7 Å². The van der Waals surface area contributed by atoms with Crippen molar-refractivity contribution in [3.8, 4) is 0 Å². The fourth-order valence-corrected chi connectivity index (χ4v) is 1.98.